The SMILES string of the molecule is COc1cc(Nc2cncc(N)n2)c(Br)cc1Br. The smallest absolute Gasteiger partial charge is 0.151 e. The summed E-state index contributed by atoms with van der Waals surface area (Å²) < 4.78 is 6.97. The molecule has 0 unspecified atom stereocenters. The molecule has 18 heavy (non-hydrogen) atoms. The molecule has 7 heteroatoms. The molecule has 2 aromatic rings. The van der Waals surface area contributed by atoms with E-state index < -0.39 is 0 Å². The van der Waals surface area contributed by atoms with E-state index in [9.17, 15) is 0 Å². The predicted octanol–water partition coefficient (Wildman–Crippen LogP) is 3.34. The van der Waals surface area contributed by atoms with Crippen LogP contribution in [-0.2, 0) is 0 Å². The standard InChI is InChI=1S/C11H10Br2N4O/c1-18-9-3-8(6(12)2-7(9)13)16-11-5-15-4-10(14)17-11/h2-5H,1H3,(H3,14,16,17). The van der Waals surface area contributed by atoms with Crippen LogP contribution >= 0.6 is 31.9 Å². The van der Waals surface area contributed by atoms with Gasteiger partial charge in [-0.2, -0.15) is 0 Å². The van der Waals surface area contributed by atoms with Gasteiger partial charge in [-0.1, -0.05) is 0 Å². The van der Waals surface area contributed by atoms with Gasteiger partial charge < -0.3 is 15.8 Å². The van der Waals surface area contributed by atoms with E-state index in [0.717, 1.165) is 20.4 Å². The Labute approximate surface area is 121 Å². The lowest BCUT2D eigenvalue weighted by molar-refractivity contribution is 0.412. The van der Waals surface area contributed by atoms with Gasteiger partial charge in [0, 0.05) is 10.5 Å². The van der Waals surface area contributed by atoms with E-state index in [2.05, 4.69) is 47.1 Å². The molecule has 0 saturated heterocycles. The molecule has 1 heterocycles. The average molecular weight is 374 g/mol. The molecule has 0 atom stereocenters. The van der Waals surface area contributed by atoms with Crippen LogP contribution in [0.1, 0.15) is 0 Å². The fourth-order valence-electron chi connectivity index (χ4n) is 1.36. The van der Waals surface area contributed by atoms with Crippen molar-refractivity contribution in [3.05, 3.63) is 33.5 Å². The zero-order valence-corrected chi connectivity index (χ0v) is 12.6. The van der Waals surface area contributed by atoms with E-state index in [1.54, 1.807) is 13.3 Å². The van der Waals surface area contributed by atoms with Crippen LogP contribution in [-0.4, -0.2) is 17.1 Å². The van der Waals surface area contributed by atoms with Crippen molar-refractivity contribution >= 4 is 49.2 Å². The Balaban J connectivity index is 2.34. The Hall–Kier alpha value is -1.34. The first kappa shape index (κ1) is 13.1. The lowest BCUT2D eigenvalue weighted by Crippen LogP contribution is -1.99. The summed E-state index contributed by atoms with van der Waals surface area (Å²) in [7, 11) is 1.61. The summed E-state index contributed by atoms with van der Waals surface area (Å²) >= 11 is 6.87. The highest BCUT2D eigenvalue weighted by atomic mass is 79.9. The van der Waals surface area contributed by atoms with Gasteiger partial charge in [-0.3, -0.25) is 4.98 Å². The Morgan fingerprint density at radius 3 is 2.67 bits per heavy atom. The van der Waals surface area contributed by atoms with Crippen molar-refractivity contribution in [1.29, 1.82) is 0 Å². The highest BCUT2D eigenvalue weighted by Gasteiger charge is 2.08. The highest BCUT2D eigenvalue weighted by molar-refractivity contribution is 9.11. The summed E-state index contributed by atoms with van der Waals surface area (Å²) in [5.74, 6) is 1.65. The summed E-state index contributed by atoms with van der Waals surface area (Å²) in [6.07, 6.45) is 3.08. The highest BCUT2D eigenvalue weighted by Crippen LogP contribution is 2.35. The molecular formula is C11H10Br2N4O. The largest absolute Gasteiger partial charge is 0.495 e. The quantitative estimate of drug-likeness (QED) is 0.863. The van der Waals surface area contributed by atoms with Gasteiger partial charge >= 0.3 is 0 Å². The molecule has 0 bridgehead atoms. The summed E-state index contributed by atoms with van der Waals surface area (Å²) in [5, 5.41) is 3.11. The first-order valence-electron chi connectivity index (χ1n) is 4.97. The molecule has 5 nitrogen and oxygen atoms in total. The molecule has 0 spiro atoms. The number of anilines is 3. The molecule has 2 rings (SSSR count). The minimum absolute atomic E-state index is 0.361. The van der Waals surface area contributed by atoms with Gasteiger partial charge in [0.1, 0.15) is 11.6 Å². The number of aromatic nitrogens is 2. The number of halogens is 2. The number of nitrogens with two attached hydrogens (primary N) is 1. The molecule has 0 aliphatic heterocycles. The van der Waals surface area contributed by atoms with Gasteiger partial charge in [-0.05, 0) is 37.9 Å². The third-order valence-electron chi connectivity index (χ3n) is 2.16. The summed E-state index contributed by atoms with van der Waals surface area (Å²) in [5.41, 5.74) is 6.39. The van der Waals surface area contributed by atoms with E-state index >= 15 is 0 Å². The van der Waals surface area contributed by atoms with Gasteiger partial charge in [0.25, 0.3) is 0 Å². The van der Waals surface area contributed by atoms with Crippen molar-refractivity contribution in [3.63, 3.8) is 0 Å². The second kappa shape index (κ2) is 5.53. The number of nitrogens with zero attached hydrogens (tertiary/aromatic N) is 2. The summed E-state index contributed by atoms with van der Waals surface area (Å²) in [6.45, 7) is 0. The molecule has 0 aliphatic carbocycles. The molecule has 0 aliphatic rings. The maximum Gasteiger partial charge on any atom is 0.151 e. The predicted molar refractivity (Wildman–Crippen MR) is 78.1 cm³/mol. The Kier molecular flexibility index (Phi) is 4.03. The topological polar surface area (TPSA) is 73.1 Å². The van der Waals surface area contributed by atoms with Gasteiger partial charge in [-0.15, -0.1) is 0 Å². The minimum atomic E-state index is 0.361. The maximum atomic E-state index is 5.57. The number of methoxy groups -OCH3 is 1. The van der Waals surface area contributed by atoms with Crippen LogP contribution in [0.3, 0.4) is 0 Å². The third kappa shape index (κ3) is 2.91. The first-order valence-corrected chi connectivity index (χ1v) is 6.56. The molecule has 1 aromatic heterocycles. The van der Waals surface area contributed by atoms with Crippen LogP contribution in [0.5, 0.6) is 5.75 Å². The summed E-state index contributed by atoms with van der Waals surface area (Å²) in [4.78, 5) is 8.08. The van der Waals surface area contributed by atoms with Crippen LogP contribution in [0.2, 0.25) is 0 Å². The molecule has 3 N–H and O–H groups in total. The number of nitrogens with one attached hydrogen (secondary N) is 1. The van der Waals surface area contributed by atoms with Gasteiger partial charge in [0.05, 0.1) is 29.7 Å². The maximum absolute atomic E-state index is 5.57. The Bertz CT molecular complexity index is 577. The fourth-order valence-corrected chi connectivity index (χ4v) is 2.62. The second-order valence-electron chi connectivity index (χ2n) is 3.42. The summed E-state index contributed by atoms with van der Waals surface area (Å²) in [6, 6.07) is 3.74. The van der Waals surface area contributed by atoms with E-state index in [-0.39, 0.29) is 0 Å². The zero-order valence-electron chi connectivity index (χ0n) is 9.45. The van der Waals surface area contributed by atoms with Gasteiger partial charge in [-0.25, -0.2) is 4.98 Å². The van der Waals surface area contributed by atoms with E-state index in [0.29, 0.717) is 11.6 Å². The van der Waals surface area contributed by atoms with Gasteiger partial charge in [0.2, 0.25) is 0 Å². The number of rotatable bonds is 3. The number of ether oxygens (including phenoxy) is 1. The molecule has 94 valence electrons. The van der Waals surface area contributed by atoms with E-state index in [1.807, 2.05) is 12.1 Å². The number of hydrogen-bond donors (Lipinski definition) is 2. The number of benzene rings is 1. The van der Waals surface area contributed by atoms with Crippen molar-refractivity contribution in [2.24, 2.45) is 0 Å². The van der Waals surface area contributed by atoms with Crippen LogP contribution < -0.4 is 15.8 Å². The molecule has 1 aromatic carbocycles. The van der Waals surface area contributed by atoms with Crippen LogP contribution in [0.4, 0.5) is 17.3 Å². The monoisotopic (exact) mass is 372 g/mol. The molecule has 0 saturated carbocycles. The van der Waals surface area contributed by atoms with E-state index in [1.165, 1.54) is 6.20 Å². The number of nitrogen functional groups attached to an aromatic ring is 1. The van der Waals surface area contributed by atoms with Crippen LogP contribution in [0.15, 0.2) is 33.5 Å². The Morgan fingerprint density at radius 1 is 1.22 bits per heavy atom. The normalized spacial score (nSPS) is 10.2. The lowest BCUT2D eigenvalue weighted by atomic mass is 10.3. The van der Waals surface area contributed by atoms with Crippen molar-refractivity contribution in [3.8, 4) is 5.75 Å². The molecular weight excluding hydrogens is 364 g/mol. The van der Waals surface area contributed by atoms with Crippen LogP contribution in [0.25, 0.3) is 0 Å². The lowest BCUT2D eigenvalue weighted by Gasteiger charge is -2.11. The molecule has 0 fully saturated rings. The number of hydrogen-bond acceptors (Lipinski definition) is 5. The molecule has 0 radical (unpaired) electrons. The third-order valence-corrected chi connectivity index (χ3v) is 3.43. The Morgan fingerprint density at radius 2 is 2.00 bits per heavy atom. The second-order valence-corrected chi connectivity index (χ2v) is 5.13. The van der Waals surface area contributed by atoms with Crippen molar-refractivity contribution in [2.45, 2.75) is 0 Å². The molecule has 0 amide bonds. The van der Waals surface area contributed by atoms with Gasteiger partial charge in [0.15, 0.2) is 5.82 Å². The van der Waals surface area contributed by atoms with Crippen molar-refractivity contribution in [2.75, 3.05) is 18.2 Å². The fraction of sp³-hybridized carbons (Fsp3) is 0.0909. The average Bonchev–Trinajstić information content (AvgIpc) is 2.33. The first-order chi connectivity index (χ1) is 8.60. The minimum Gasteiger partial charge on any atom is -0.495 e. The van der Waals surface area contributed by atoms with Crippen molar-refractivity contribution in [1.82, 2.24) is 9.97 Å². The van der Waals surface area contributed by atoms with Crippen LogP contribution in [0, 0.1) is 0 Å². The van der Waals surface area contributed by atoms with E-state index in [4.69, 9.17) is 10.5 Å². The zero-order chi connectivity index (χ0) is 13.1. The van der Waals surface area contributed by atoms with Crippen molar-refractivity contribution < 1.29 is 4.74 Å².